The average molecular weight is 238 g/mol. The van der Waals surface area contributed by atoms with Crippen LogP contribution in [-0.2, 0) is 4.74 Å². The van der Waals surface area contributed by atoms with Gasteiger partial charge >= 0.3 is 0 Å². The molecular formula is C11H18N4O2. The van der Waals surface area contributed by atoms with E-state index in [-0.39, 0.29) is 11.7 Å². The van der Waals surface area contributed by atoms with E-state index in [1.807, 2.05) is 0 Å². The summed E-state index contributed by atoms with van der Waals surface area (Å²) >= 11 is 0. The lowest BCUT2D eigenvalue weighted by Crippen LogP contribution is -2.25. The highest BCUT2D eigenvalue weighted by Gasteiger charge is 2.28. The van der Waals surface area contributed by atoms with Crippen molar-refractivity contribution in [3.63, 3.8) is 0 Å². The van der Waals surface area contributed by atoms with Crippen molar-refractivity contribution in [2.75, 3.05) is 20.3 Å². The molecule has 1 aliphatic carbocycles. The highest BCUT2D eigenvalue weighted by Crippen LogP contribution is 2.37. The fourth-order valence-electron chi connectivity index (χ4n) is 1.57. The van der Waals surface area contributed by atoms with Crippen LogP contribution in [0, 0.1) is 0 Å². The minimum atomic E-state index is -0.203. The Bertz CT molecular complexity index is 373. The molecule has 1 heterocycles. The summed E-state index contributed by atoms with van der Waals surface area (Å²) in [6.07, 6.45) is 4.14. The summed E-state index contributed by atoms with van der Waals surface area (Å²) in [5.41, 5.74) is 0. The number of hydrogen-bond acceptors (Lipinski definition) is 4. The quantitative estimate of drug-likeness (QED) is 0.690. The van der Waals surface area contributed by atoms with Gasteiger partial charge in [0.2, 0.25) is 5.82 Å². The van der Waals surface area contributed by atoms with Crippen molar-refractivity contribution in [3.05, 3.63) is 11.6 Å². The summed E-state index contributed by atoms with van der Waals surface area (Å²) in [7, 11) is 1.67. The van der Waals surface area contributed by atoms with E-state index in [1.165, 1.54) is 0 Å². The van der Waals surface area contributed by atoms with Crippen LogP contribution in [0.2, 0.25) is 0 Å². The Morgan fingerprint density at radius 3 is 3.06 bits per heavy atom. The smallest absolute Gasteiger partial charge is 0.290 e. The zero-order valence-electron chi connectivity index (χ0n) is 10.0. The standard InChI is InChI=1S/C11H18N4O2/c1-17-7-3-2-6-12-11(16)10-13-9(14-15-10)8-4-5-8/h8H,2-7H2,1H3,(H,12,16)(H,13,14,15). The predicted octanol–water partition coefficient (Wildman–Crippen LogP) is 0.838. The number of unbranched alkanes of at least 4 members (excludes halogenated alkanes) is 1. The number of ether oxygens (including phenoxy) is 1. The van der Waals surface area contributed by atoms with Crippen LogP contribution < -0.4 is 5.32 Å². The molecule has 0 atom stereocenters. The number of aromatic nitrogens is 3. The van der Waals surface area contributed by atoms with Crippen LogP contribution in [0.5, 0.6) is 0 Å². The lowest BCUT2D eigenvalue weighted by atomic mass is 10.3. The maximum atomic E-state index is 11.6. The number of hydrogen-bond donors (Lipinski definition) is 2. The van der Waals surface area contributed by atoms with Crippen LogP contribution >= 0.6 is 0 Å². The second-order valence-electron chi connectivity index (χ2n) is 4.27. The Kier molecular flexibility index (Phi) is 4.08. The van der Waals surface area contributed by atoms with Gasteiger partial charge in [-0.15, -0.1) is 5.10 Å². The Balaban J connectivity index is 1.70. The molecule has 1 saturated carbocycles. The van der Waals surface area contributed by atoms with E-state index in [0.717, 1.165) is 38.1 Å². The van der Waals surface area contributed by atoms with E-state index >= 15 is 0 Å². The van der Waals surface area contributed by atoms with Gasteiger partial charge in [0.05, 0.1) is 0 Å². The monoisotopic (exact) mass is 238 g/mol. The van der Waals surface area contributed by atoms with Gasteiger partial charge in [0.15, 0.2) is 0 Å². The van der Waals surface area contributed by atoms with Crippen LogP contribution in [0.25, 0.3) is 0 Å². The summed E-state index contributed by atoms with van der Waals surface area (Å²) in [6, 6.07) is 0. The number of nitrogens with one attached hydrogen (secondary N) is 2. The minimum absolute atomic E-state index is 0.203. The molecule has 0 spiro atoms. The van der Waals surface area contributed by atoms with Gasteiger partial charge in [-0.3, -0.25) is 9.89 Å². The van der Waals surface area contributed by atoms with Gasteiger partial charge in [0.25, 0.3) is 5.91 Å². The molecule has 0 bridgehead atoms. The number of amides is 1. The molecule has 2 N–H and O–H groups in total. The molecular weight excluding hydrogens is 220 g/mol. The highest BCUT2D eigenvalue weighted by atomic mass is 16.5. The summed E-state index contributed by atoms with van der Waals surface area (Å²) in [6.45, 7) is 1.36. The van der Waals surface area contributed by atoms with Crippen molar-refractivity contribution < 1.29 is 9.53 Å². The van der Waals surface area contributed by atoms with Crippen molar-refractivity contribution in [1.29, 1.82) is 0 Å². The molecule has 6 nitrogen and oxygen atoms in total. The number of carbonyl (C=O) groups is 1. The molecule has 2 rings (SSSR count). The molecule has 1 aliphatic rings. The summed E-state index contributed by atoms with van der Waals surface area (Å²) in [4.78, 5) is 15.8. The molecule has 6 heteroatoms. The summed E-state index contributed by atoms with van der Waals surface area (Å²) in [5, 5.41) is 9.53. The molecule has 17 heavy (non-hydrogen) atoms. The van der Waals surface area contributed by atoms with E-state index in [0.29, 0.717) is 12.5 Å². The van der Waals surface area contributed by atoms with Crippen molar-refractivity contribution in [1.82, 2.24) is 20.5 Å². The van der Waals surface area contributed by atoms with Crippen molar-refractivity contribution in [2.24, 2.45) is 0 Å². The van der Waals surface area contributed by atoms with E-state index in [1.54, 1.807) is 7.11 Å². The molecule has 1 aromatic rings. The lowest BCUT2D eigenvalue weighted by Gasteiger charge is -2.01. The summed E-state index contributed by atoms with van der Waals surface area (Å²) in [5.74, 6) is 1.38. The van der Waals surface area contributed by atoms with E-state index in [2.05, 4.69) is 20.5 Å². The Morgan fingerprint density at radius 1 is 1.53 bits per heavy atom. The van der Waals surface area contributed by atoms with Gasteiger partial charge < -0.3 is 10.1 Å². The molecule has 0 saturated heterocycles. The first-order valence-electron chi connectivity index (χ1n) is 6.00. The number of nitrogens with zero attached hydrogens (tertiary/aromatic N) is 2. The van der Waals surface area contributed by atoms with Crippen LogP contribution in [-0.4, -0.2) is 41.3 Å². The topological polar surface area (TPSA) is 79.9 Å². The molecule has 0 aromatic carbocycles. The first-order valence-corrected chi connectivity index (χ1v) is 6.00. The van der Waals surface area contributed by atoms with Crippen molar-refractivity contribution in [2.45, 2.75) is 31.6 Å². The van der Waals surface area contributed by atoms with Gasteiger partial charge in [-0.2, -0.15) is 0 Å². The first-order chi connectivity index (χ1) is 8.31. The fourth-order valence-corrected chi connectivity index (χ4v) is 1.57. The van der Waals surface area contributed by atoms with Crippen molar-refractivity contribution >= 4 is 5.91 Å². The van der Waals surface area contributed by atoms with Gasteiger partial charge in [0.1, 0.15) is 5.82 Å². The normalized spacial score (nSPS) is 14.9. The van der Waals surface area contributed by atoms with Crippen molar-refractivity contribution in [3.8, 4) is 0 Å². The Labute approximate surface area is 100 Å². The molecule has 1 fully saturated rings. The van der Waals surface area contributed by atoms with E-state index < -0.39 is 0 Å². The maximum absolute atomic E-state index is 11.6. The van der Waals surface area contributed by atoms with Gasteiger partial charge in [-0.1, -0.05) is 0 Å². The molecule has 1 amide bonds. The molecule has 1 aromatic heterocycles. The maximum Gasteiger partial charge on any atom is 0.290 e. The summed E-state index contributed by atoms with van der Waals surface area (Å²) < 4.78 is 4.93. The van der Waals surface area contributed by atoms with Gasteiger partial charge in [0, 0.05) is 26.2 Å². The van der Waals surface area contributed by atoms with Gasteiger partial charge in [-0.05, 0) is 25.7 Å². The Morgan fingerprint density at radius 2 is 2.35 bits per heavy atom. The first kappa shape index (κ1) is 12.0. The predicted molar refractivity (Wildman–Crippen MR) is 61.8 cm³/mol. The van der Waals surface area contributed by atoms with Crippen LogP contribution in [0.1, 0.15) is 48.0 Å². The third-order valence-corrected chi connectivity index (χ3v) is 2.73. The minimum Gasteiger partial charge on any atom is -0.385 e. The fraction of sp³-hybridized carbons (Fsp3) is 0.727. The number of aromatic amines is 1. The number of rotatable bonds is 7. The zero-order chi connectivity index (χ0) is 12.1. The van der Waals surface area contributed by atoms with E-state index in [4.69, 9.17) is 4.74 Å². The van der Waals surface area contributed by atoms with E-state index in [9.17, 15) is 4.79 Å². The third-order valence-electron chi connectivity index (χ3n) is 2.73. The van der Waals surface area contributed by atoms with Crippen LogP contribution in [0.15, 0.2) is 0 Å². The average Bonchev–Trinajstić information content (AvgIpc) is 3.07. The van der Waals surface area contributed by atoms with Crippen LogP contribution in [0.3, 0.4) is 0 Å². The highest BCUT2D eigenvalue weighted by molar-refractivity contribution is 5.90. The Hall–Kier alpha value is -1.43. The molecule has 0 unspecified atom stereocenters. The lowest BCUT2D eigenvalue weighted by molar-refractivity contribution is 0.0941. The number of methoxy groups -OCH3 is 1. The second kappa shape index (κ2) is 5.77. The SMILES string of the molecule is COCCCCNC(=O)c1n[nH]c(C2CC2)n1. The van der Waals surface area contributed by atoms with Crippen LogP contribution in [0.4, 0.5) is 0 Å². The zero-order valence-corrected chi connectivity index (χ0v) is 10.0. The van der Waals surface area contributed by atoms with Gasteiger partial charge in [-0.25, -0.2) is 4.98 Å². The number of carbonyl (C=O) groups excluding carboxylic acids is 1. The largest absolute Gasteiger partial charge is 0.385 e. The second-order valence-corrected chi connectivity index (χ2v) is 4.27. The number of H-pyrrole nitrogens is 1. The molecule has 94 valence electrons. The third kappa shape index (κ3) is 3.52. The molecule has 0 aliphatic heterocycles. The molecule has 0 radical (unpaired) electrons.